The molecule has 0 aromatic heterocycles. The van der Waals surface area contributed by atoms with E-state index in [1.165, 1.54) is 6.42 Å². The van der Waals surface area contributed by atoms with Crippen molar-refractivity contribution in [3.63, 3.8) is 0 Å². The predicted octanol–water partition coefficient (Wildman–Crippen LogP) is 3.46. The number of rotatable bonds is 5. The number of carbonyl (C=O) groups is 3. The summed E-state index contributed by atoms with van der Waals surface area (Å²) in [6.07, 6.45) is 3.49. The molecule has 0 spiro atoms. The second kappa shape index (κ2) is 8.97. The molecule has 2 amide bonds. The largest absolute Gasteiger partial charge is 0.455 e. The van der Waals surface area contributed by atoms with Crippen LogP contribution in [0.2, 0.25) is 0 Å². The second-order valence-electron chi connectivity index (χ2n) is 8.76. The van der Waals surface area contributed by atoms with E-state index < -0.39 is 11.9 Å². The first-order valence-electron chi connectivity index (χ1n) is 10.6. The molecule has 1 saturated heterocycles. The molecule has 1 saturated carbocycles. The number of aryl methyl sites for hydroxylation is 2. The average molecular weight is 401 g/mol. The third kappa shape index (κ3) is 4.98. The van der Waals surface area contributed by atoms with Crippen molar-refractivity contribution in [1.29, 1.82) is 0 Å². The van der Waals surface area contributed by atoms with Crippen molar-refractivity contribution in [3.05, 3.63) is 29.3 Å². The molecule has 2 aliphatic rings. The van der Waals surface area contributed by atoms with Crippen LogP contribution in [0, 0.1) is 31.6 Å². The van der Waals surface area contributed by atoms with Gasteiger partial charge in [-0.1, -0.05) is 38.8 Å². The minimum Gasteiger partial charge on any atom is -0.455 e. The van der Waals surface area contributed by atoms with Crippen LogP contribution in [0.15, 0.2) is 18.2 Å². The van der Waals surface area contributed by atoms with E-state index in [1.807, 2.05) is 36.9 Å². The molecule has 0 bridgehead atoms. The van der Waals surface area contributed by atoms with Gasteiger partial charge in [0.15, 0.2) is 6.61 Å². The third-order valence-electron chi connectivity index (χ3n) is 6.57. The Bertz CT molecular complexity index is 791. The molecular weight excluding hydrogens is 368 g/mol. The number of carbonyl (C=O) groups excluding carboxylic acids is 3. The molecule has 158 valence electrons. The minimum absolute atomic E-state index is 0.0257. The number of hydrogen-bond donors (Lipinski definition) is 1. The molecule has 4 atom stereocenters. The first-order valence-corrected chi connectivity index (χ1v) is 10.6. The Hall–Kier alpha value is -2.37. The van der Waals surface area contributed by atoms with Gasteiger partial charge < -0.3 is 15.0 Å². The first-order chi connectivity index (χ1) is 13.8. The molecule has 1 heterocycles. The summed E-state index contributed by atoms with van der Waals surface area (Å²) in [4.78, 5) is 39.1. The smallest absolute Gasteiger partial charge is 0.311 e. The minimum atomic E-state index is -0.486. The standard InChI is InChI=1S/C23H32N2O4/c1-14-8-9-16(3)19(10-14)24-21(26)13-29-23(28)18-11-22(27)25(12-18)20-7-5-6-15(2)17(20)4/h8-10,15,17-18,20H,5-7,11-13H2,1-4H3,(H,24,26)/t15-,17-,18+,20-/m0/s1. The summed E-state index contributed by atoms with van der Waals surface area (Å²) in [5.74, 6) is -0.276. The van der Waals surface area contributed by atoms with Crippen LogP contribution < -0.4 is 5.32 Å². The third-order valence-corrected chi connectivity index (χ3v) is 6.57. The summed E-state index contributed by atoms with van der Waals surface area (Å²) >= 11 is 0. The van der Waals surface area contributed by atoms with Crippen molar-refractivity contribution < 1.29 is 19.1 Å². The van der Waals surface area contributed by atoms with Gasteiger partial charge in [-0.05, 0) is 49.3 Å². The first kappa shape index (κ1) is 21.3. The van der Waals surface area contributed by atoms with Gasteiger partial charge in [0, 0.05) is 24.7 Å². The van der Waals surface area contributed by atoms with Gasteiger partial charge in [0.05, 0.1) is 5.92 Å². The number of nitrogens with one attached hydrogen (secondary N) is 1. The maximum atomic E-state index is 12.5. The summed E-state index contributed by atoms with van der Waals surface area (Å²) in [6, 6.07) is 6.00. The van der Waals surface area contributed by atoms with Crippen molar-refractivity contribution in [1.82, 2.24) is 4.90 Å². The molecular formula is C23H32N2O4. The fourth-order valence-electron chi connectivity index (χ4n) is 4.52. The fourth-order valence-corrected chi connectivity index (χ4v) is 4.52. The van der Waals surface area contributed by atoms with Crippen LogP contribution >= 0.6 is 0 Å². The number of nitrogens with zero attached hydrogens (tertiary/aromatic N) is 1. The molecule has 1 aliphatic heterocycles. The number of likely N-dealkylation sites (tertiary alicyclic amines) is 1. The molecule has 0 radical (unpaired) electrons. The van der Waals surface area contributed by atoms with E-state index in [4.69, 9.17) is 4.74 Å². The van der Waals surface area contributed by atoms with Crippen LogP contribution in [0.1, 0.15) is 50.7 Å². The van der Waals surface area contributed by atoms with Gasteiger partial charge in [-0.3, -0.25) is 14.4 Å². The number of hydrogen-bond acceptors (Lipinski definition) is 4. The molecule has 29 heavy (non-hydrogen) atoms. The summed E-state index contributed by atoms with van der Waals surface area (Å²) in [6.45, 7) is 8.35. The van der Waals surface area contributed by atoms with Gasteiger partial charge in [-0.15, -0.1) is 0 Å². The molecule has 6 nitrogen and oxygen atoms in total. The van der Waals surface area contributed by atoms with Gasteiger partial charge in [-0.2, -0.15) is 0 Å². The van der Waals surface area contributed by atoms with Crippen LogP contribution in [0.25, 0.3) is 0 Å². The van der Waals surface area contributed by atoms with Gasteiger partial charge >= 0.3 is 5.97 Å². The number of amides is 2. The fraction of sp³-hybridized carbons (Fsp3) is 0.609. The van der Waals surface area contributed by atoms with Crippen molar-refractivity contribution >= 4 is 23.5 Å². The van der Waals surface area contributed by atoms with E-state index in [9.17, 15) is 14.4 Å². The highest BCUT2D eigenvalue weighted by molar-refractivity contribution is 5.94. The summed E-state index contributed by atoms with van der Waals surface area (Å²) in [5.41, 5.74) is 2.70. The second-order valence-corrected chi connectivity index (χ2v) is 8.76. The van der Waals surface area contributed by atoms with Crippen LogP contribution in [0.5, 0.6) is 0 Å². The normalized spacial score (nSPS) is 27.0. The molecule has 6 heteroatoms. The zero-order valence-electron chi connectivity index (χ0n) is 17.9. The monoisotopic (exact) mass is 400 g/mol. The van der Waals surface area contributed by atoms with Crippen molar-refractivity contribution in [3.8, 4) is 0 Å². The van der Waals surface area contributed by atoms with Gasteiger partial charge in [0.2, 0.25) is 5.91 Å². The topological polar surface area (TPSA) is 75.7 Å². The molecule has 0 unspecified atom stereocenters. The van der Waals surface area contributed by atoms with E-state index in [-0.39, 0.29) is 30.9 Å². The summed E-state index contributed by atoms with van der Waals surface area (Å²) in [5, 5.41) is 2.78. The quantitative estimate of drug-likeness (QED) is 0.768. The zero-order chi connectivity index (χ0) is 21.1. The highest BCUT2D eigenvalue weighted by Gasteiger charge is 2.42. The summed E-state index contributed by atoms with van der Waals surface area (Å²) < 4.78 is 5.23. The Labute approximate surface area is 173 Å². The van der Waals surface area contributed by atoms with E-state index in [2.05, 4.69) is 19.2 Å². The lowest BCUT2D eigenvalue weighted by atomic mass is 9.77. The van der Waals surface area contributed by atoms with E-state index in [0.717, 1.165) is 24.0 Å². The Morgan fingerprint density at radius 3 is 2.72 bits per heavy atom. The van der Waals surface area contributed by atoms with Gasteiger partial charge in [0.1, 0.15) is 0 Å². The Morgan fingerprint density at radius 1 is 1.21 bits per heavy atom. The lowest BCUT2D eigenvalue weighted by molar-refractivity contribution is -0.151. The van der Waals surface area contributed by atoms with Crippen molar-refractivity contribution in [2.75, 3.05) is 18.5 Å². The van der Waals surface area contributed by atoms with Crippen LogP contribution in [0.4, 0.5) is 5.69 Å². The van der Waals surface area contributed by atoms with Crippen LogP contribution in [-0.2, 0) is 19.1 Å². The lowest BCUT2D eigenvalue weighted by Gasteiger charge is -2.39. The lowest BCUT2D eigenvalue weighted by Crippen LogP contribution is -2.45. The number of benzene rings is 1. The predicted molar refractivity (Wildman–Crippen MR) is 111 cm³/mol. The van der Waals surface area contributed by atoms with Crippen molar-refractivity contribution in [2.24, 2.45) is 17.8 Å². The molecule has 2 fully saturated rings. The highest BCUT2D eigenvalue weighted by Crippen LogP contribution is 2.35. The maximum Gasteiger partial charge on any atom is 0.311 e. The molecule has 1 aliphatic carbocycles. The number of esters is 1. The SMILES string of the molecule is Cc1ccc(C)c(NC(=O)COC(=O)[C@@H]2CC(=O)N([C@H]3CCC[C@H](C)[C@@H]3C)C2)c1. The van der Waals surface area contributed by atoms with Crippen LogP contribution in [-0.4, -0.2) is 41.9 Å². The number of ether oxygens (including phenoxy) is 1. The zero-order valence-corrected chi connectivity index (χ0v) is 17.9. The number of anilines is 1. The Kier molecular flexibility index (Phi) is 6.60. The highest BCUT2D eigenvalue weighted by atomic mass is 16.5. The van der Waals surface area contributed by atoms with Crippen molar-refractivity contribution in [2.45, 2.75) is 59.4 Å². The van der Waals surface area contributed by atoms with E-state index in [0.29, 0.717) is 24.1 Å². The Morgan fingerprint density at radius 2 is 1.97 bits per heavy atom. The maximum absolute atomic E-state index is 12.5. The van der Waals surface area contributed by atoms with E-state index in [1.54, 1.807) is 0 Å². The van der Waals surface area contributed by atoms with E-state index >= 15 is 0 Å². The molecule has 1 N–H and O–H groups in total. The van der Waals surface area contributed by atoms with Crippen LogP contribution in [0.3, 0.4) is 0 Å². The molecule has 1 aromatic rings. The molecule has 3 rings (SSSR count). The van der Waals surface area contributed by atoms with Gasteiger partial charge in [0.25, 0.3) is 5.91 Å². The van der Waals surface area contributed by atoms with Gasteiger partial charge in [-0.25, -0.2) is 0 Å². The average Bonchev–Trinajstić information content (AvgIpc) is 3.06. The summed E-state index contributed by atoms with van der Waals surface area (Å²) in [7, 11) is 0. The Balaban J connectivity index is 1.51. The molecule has 1 aromatic carbocycles.